The fourth-order valence-corrected chi connectivity index (χ4v) is 1.65. The van der Waals surface area contributed by atoms with Crippen LogP contribution in [0.15, 0.2) is 0 Å². The van der Waals surface area contributed by atoms with Crippen LogP contribution in [0.3, 0.4) is 0 Å². The van der Waals surface area contributed by atoms with Crippen LogP contribution in [0, 0.1) is 5.92 Å². The third-order valence-corrected chi connectivity index (χ3v) is 2.63. The summed E-state index contributed by atoms with van der Waals surface area (Å²) < 4.78 is 25.7. The minimum absolute atomic E-state index is 0.0340. The van der Waals surface area contributed by atoms with Gasteiger partial charge in [0, 0.05) is 13.0 Å². The van der Waals surface area contributed by atoms with E-state index in [0.717, 1.165) is 5.06 Å². The van der Waals surface area contributed by atoms with Crippen molar-refractivity contribution in [1.82, 2.24) is 5.06 Å². The van der Waals surface area contributed by atoms with Crippen LogP contribution in [0.5, 0.6) is 0 Å². The van der Waals surface area contributed by atoms with Crippen molar-refractivity contribution in [3.63, 3.8) is 0 Å². The van der Waals surface area contributed by atoms with E-state index in [1.807, 2.05) is 0 Å². The second kappa shape index (κ2) is 4.68. The minimum Gasteiger partial charge on any atom is -0.275 e. The van der Waals surface area contributed by atoms with Crippen LogP contribution in [0.4, 0.5) is 8.78 Å². The van der Waals surface area contributed by atoms with Gasteiger partial charge in [-0.3, -0.25) is 9.63 Å². The fourth-order valence-electron chi connectivity index (χ4n) is 1.65. The number of amides is 1. The lowest BCUT2D eigenvalue weighted by atomic mass is 9.86. The maximum Gasteiger partial charge on any atom is 0.249 e. The number of nitrogens with zero attached hydrogens (tertiary/aromatic N) is 1. The molecule has 1 aliphatic carbocycles. The quantitative estimate of drug-likeness (QED) is 0.642. The molecule has 0 heterocycles. The number of hydroxylamine groups is 2. The predicted octanol–water partition coefficient (Wildman–Crippen LogP) is 1.48. The lowest BCUT2D eigenvalue weighted by Crippen LogP contribution is -2.38. The van der Waals surface area contributed by atoms with Gasteiger partial charge in [0.25, 0.3) is 0 Å². The van der Waals surface area contributed by atoms with Crippen molar-refractivity contribution in [3.05, 3.63) is 0 Å². The number of halogens is 2. The second-order valence-corrected chi connectivity index (χ2v) is 3.56. The van der Waals surface area contributed by atoms with Gasteiger partial charge in [-0.25, -0.2) is 13.8 Å². The van der Waals surface area contributed by atoms with E-state index in [2.05, 4.69) is 0 Å². The first-order chi connectivity index (χ1) is 6.56. The molecule has 1 saturated carbocycles. The molecular weight excluding hydrogens is 192 g/mol. The Morgan fingerprint density at radius 1 is 1.36 bits per heavy atom. The van der Waals surface area contributed by atoms with Crippen molar-refractivity contribution < 1.29 is 18.4 Å². The van der Waals surface area contributed by atoms with Crippen molar-refractivity contribution in [2.45, 2.75) is 31.6 Å². The van der Waals surface area contributed by atoms with E-state index in [9.17, 15) is 13.6 Å². The second-order valence-electron chi connectivity index (χ2n) is 3.56. The molecule has 82 valence electrons. The normalized spacial score (nSPS) is 32.7. The van der Waals surface area contributed by atoms with Crippen molar-refractivity contribution in [1.29, 1.82) is 0 Å². The van der Waals surface area contributed by atoms with Gasteiger partial charge >= 0.3 is 0 Å². The number of hydrogen-bond acceptors (Lipinski definition) is 2. The topological polar surface area (TPSA) is 29.5 Å². The Balaban J connectivity index is 2.50. The Bertz CT molecular complexity index is 213. The Kier molecular flexibility index (Phi) is 3.80. The van der Waals surface area contributed by atoms with E-state index in [-0.39, 0.29) is 18.7 Å². The van der Waals surface area contributed by atoms with Crippen LogP contribution in [-0.2, 0) is 9.63 Å². The van der Waals surface area contributed by atoms with Gasteiger partial charge in [0.05, 0.1) is 7.11 Å². The van der Waals surface area contributed by atoms with Gasteiger partial charge in [-0.1, -0.05) is 0 Å². The predicted molar refractivity (Wildman–Crippen MR) is 46.9 cm³/mol. The minimum atomic E-state index is -1.51. The summed E-state index contributed by atoms with van der Waals surface area (Å²) in [6, 6.07) is 0. The van der Waals surface area contributed by atoms with Crippen LogP contribution in [0.2, 0.25) is 0 Å². The molecule has 0 saturated heterocycles. The third kappa shape index (κ3) is 2.41. The van der Waals surface area contributed by atoms with E-state index in [1.54, 1.807) is 0 Å². The first-order valence-corrected chi connectivity index (χ1v) is 4.66. The van der Waals surface area contributed by atoms with Gasteiger partial charge in [0.1, 0.15) is 12.3 Å². The maximum absolute atomic E-state index is 13.0. The zero-order valence-corrected chi connectivity index (χ0v) is 8.37. The summed E-state index contributed by atoms with van der Waals surface area (Å²) >= 11 is 0. The summed E-state index contributed by atoms with van der Waals surface area (Å²) in [5.41, 5.74) is 0. The Hall–Kier alpha value is -0.710. The van der Waals surface area contributed by atoms with E-state index < -0.39 is 18.3 Å². The largest absolute Gasteiger partial charge is 0.275 e. The van der Waals surface area contributed by atoms with Crippen LogP contribution in [-0.4, -0.2) is 37.5 Å². The molecule has 0 spiro atoms. The molecule has 1 fully saturated rings. The summed E-state index contributed by atoms with van der Waals surface area (Å²) in [5.74, 6) is -0.719. The molecule has 0 aromatic heterocycles. The van der Waals surface area contributed by atoms with Crippen LogP contribution >= 0.6 is 0 Å². The Morgan fingerprint density at radius 3 is 2.50 bits per heavy atom. The molecule has 3 atom stereocenters. The van der Waals surface area contributed by atoms with Crippen molar-refractivity contribution in [2.75, 3.05) is 14.2 Å². The highest BCUT2D eigenvalue weighted by atomic mass is 19.2. The molecule has 3 unspecified atom stereocenters. The highest BCUT2D eigenvalue weighted by molar-refractivity contribution is 5.77. The molecule has 3 nitrogen and oxygen atoms in total. The van der Waals surface area contributed by atoms with Crippen molar-refractivity contribution in [2.24, 2.45) is 5.92 Å². The van der Waals surface area contributed by atoms with Gasteiger partial charge in [0.2, 0.25) is 5.91 Å². The van der Waals surface area contributed by atoms with E-state index in [0.29, 0.717) is 6.42 Å². The average Bonchev–Trinajstić information content (AvgIpc) is 2.20. The average molecular weight is 207 g/mol. The number of carbonyl (C=O) groups excluding carboxylic acids is 1. The molecule has 0 aliphatic heterocycles. The Labute approximate surface area is 82.0 Å². The van der Waals surface area contributed by atoms with Gasteiger partial charge < -0.3 is 0 Å². The number of alkyl halides is 2. The molecule has 0 bridgehead atoms. The number of carbonyl (C=O) groups is 1. The lowest BCUT2D eigenvalue weighted by Gasteiger charge is -2.28. The number of hydrogen-bond donors (Lipinski definition) is 0. The molecule has 1 rings (SSSR count). The van der Waals surface area contributed by atoms with Crippen LogP contribution in [0.1, 0.15) is 19.3 Å². The SMILES string of the molecule is CON(C)C(=O)C1CCC(F)C(F)C1. The standard InChI is InChI=1S/C9H15F2NO2/c1-12(14-2)9(13)6-3-4-7(10)8(11)5-6/h6-8H,3-5H2,1-2H3. The monoisotopic (exact) mass is 207 g/mol. The van der Waals surface area contributed by atoms with Crippen molar-refractivity contribution in [3.8, 4) is 0 Å². The molecular formula is C9H15F2NO2. The van der Waals surface area contributed by atoms with Gasteiger partial charge in [-0.15, -0.1) is 0 Å². The smallest absolute Gasteiger partial charge is 0.249 e. The molecule has 0 N–H and O–H groups in total. The van der Waals surface area contributed by atoms with Gasteiger partial charge in [0.15, 0.2) is 0 Å². The molecule has 1 aliphatic rings. The molecule has 14 heavy (non-hydrogen) atoms. The summed E-state index contributed by atoms with van der Waals surface area (Å²) in [6.45, 7) is 0. The van der Waals surface area contributed by atoms with E-state index >= 15 is 0 Å². The van der Waals surface area contributed by atoms with E-state index in [4.69, 9.17) is 4.84 Å². The van der Waals surface area contributed by atoms with Crippen molar-refractivity contribution >= 4 is 5.91 Å². The zero-order valence-electron chi connectivity index (χ0n) is 8.37. The van der Waals surface area contributed by atoms with Gasteiger partial charge in [-0.2, -0.15) is 0 Å². The van der Waals surface area contributed by atoms with Gasteiger partial charge in [-0.05, 0) is 19.3 Å². The maximum atomic E-state index is 13.0. The molecule has 1 amide bonds. The first kappa shape index (κ1) is 11.4. The summed E-state index contributed by atoms with van der Waals surface area (Å²) in [5, 5.41) is 1.07. The summed E-state index contributed by atoms with van der Waals surface area (Å²) in [4.78, 5) is 16.2. The molecule has 0 aromatic rings. The zero-order chi connectivity index (χ0) is 10.7. The summed E-state index contributed by atoms with van der Waals surface area (Å²) in [7, 11) is 2.84. The highest BCUT2D eigenvalue weighted by Gasteiger charge is 2.35. The first-order valence-electron chi connectivity index (χ1n) is 4.66. The molecule has 0 aromatic carbocycles. The van der Waals surface area contributed by atoms with E-state index in [1.165, 1.54) is 14.2 Å². The third-order valence-electron chi connectivity index (χ3n) is 2.63. The Morgan fingerprint density at radius 2 is 2.00 bits per heavy atom. The number of rotatable bonds is 2. The highest BCUT2D eigenvalue weighted by Crippen LogP contribution is 2.29. The van der Waals surface area contributed by atoms with Crippen LogP contribution < -0.4 is 0 Å². The molecule has 0 radical (unpaired) electrons. The fraction of sp³-hybridized carbons (Fsp3) is 0.889. The van der Waals surface area contributed by atoms with Crippen LogP contribution in [0.25, 0.3) is 0 Å². The summed E-state index contributed by atoms with van der Waals surface area (Å²) in [6.07, 6.45) is -2.44. The molecule has 5 heteroatoms. The lowest BCUT2D eigenvalue weighted by molar-refractivity contribution is -0.175.